The molecular formula is C25H24N2O2S. The summed E-state index contributed by atoms with van der Waals surface area (Å²) in [5.41, 5.74) is 2.88. The number of hydrogen-bond donors (Lipinski definition) is 2. The van der Waals surface area contributed by atoms with E-state index >= 15 is 0 Å². The molecule has 5 heteroatoms. The lowest BCUT2D eigenvalue weighted by Gasteiger charge is -2.11. The highest BCUT2D eigenvalue weighted by atomic mass is 32.2. The van der Waals surface area contributed by atoms with Gasteiger partial charge >= 0.3 is 0 Å². The average molecular weight is 417 g/mol. The van der Waals surface area contributed by atoms with E-state index in [1.54, 1.807) is 18.2 Å². The van der Waals surface area contributed by atoms with Gasteiger partial charge in [-0.15, -0.1) is 0 Å². The van der Waals surface area contributed by atoms with E-state index in [1.807, 2.05) is 66.7 Å². The molecule has 4 aromatic rings. The zero-order valence-electron chi connectivity index (χ0n) is 16.6. The number of fused-ring (bicyclic) bond motifs is 1. The van der Waals surface area contributed by atoms with Gasteiger partial charge in [0.05, 0.1) is 4.90 Å². The Labute approximate surface area is 177 Å². The Kier molecular flexibility index (Phi) is 6.12. The maximum Gasteiger partial charge on any atom is 0.261 e. The summed E-state index contributed by atoms with van der Waals surface area (Å²) in [4.78, 5) is 0.257. The van der Waals surface area contributed by atoms with Crippen molar-refractivity contribution in [3.8, 4) is 0 Å². The van der Waals surface area contributed by atoms with Crippen molar-refractivity contribution in [1.29, 1.82) is 0 Å². The molecule has 2 N–H and O–H groups in total. The van der Waals surface area contributed by atoms with E-state index in [2.05, 4.69) is 22.2 Å². The summed E-state index contributed by atoms with van der Waals surface area (Å²) in [7, 11) is -3.65. The highest BCUT2D eigenvalue weighted by molar-refractivity contribution is 7.92. The Morgan fingerprint density at radius 2 is 1.40 bits per heavy atom. The zero-order valence-corrected chi connectivity index (χ0v) is 17.4. The molecule has 0 saturated carbocycles. The first-order valence-corrected chi connectivity index (χ1v) is 11.4. The molecule has 30 heavy (non-hydrogen) atoms. The van der Waals surface area contributed by atoms with Crippen molar-refractivity contribution in [2.24, 2.45) is 0 Å². The van der Waals surface area contributed by atoms with Gasteiger partial charge in [0, 0.05) is 12.2 Å². The Morgan fingerprint density at radius 3 is 2.23 bits per heavy atom. The van der Waals surface area contributed by atoms with Crippen molar-refractivity contribution in [1.82, 2.24) is 5.32 Å². The van der Waals surface area contributed by atoms with Gasteiger partial charge in [-0.2, -0.15) is 0 Å². The zero-order chi connectivity index (χ0) is 20.8. The predicted octanol–water partition coefficient (Wildman–Crippen LogP) is 4.97. The Balaban J connectivity index is 1.40. The van der Waals surface area contributed by atoms with Crippen LogP contribution in [0.5, 0.6) is 0 Å². The van der Waals surface area contributed by atoms with Crippen LogP contribution >= 0.6 is 0 Å². The summed E-state index contributed by atoms with van der Waals surface area (Å²) in [6.45, 7) is 1.54. The molecule has 4 nitrogen and oxygen atoms in total. The first-order chi connectivity index (χ1) is 14.6. The summed E-state index contributed by atoms with van der Waals surface area (Å²) in [5.74, 6) is 0. The van der Waals surface area contributed by atoms with Crippen LogP contribution in [-0.4, -0.2) is 15.0 Å². The van der Waals surface area contributed by atoms with E-state index < -0.39 is 10.0 Å². The average Bonchev–Trinajstić information content (AvgIpc) is 2.77. The number of anilines is 1. The van der Waals surface area contributed by atoms with Crippen molar-refractivity contribution in [3.05, 3.63) is 108 Å². The third kappa shape index (κ3) is 5.06. The van der Waals surface area contributed by atoms with Crippen LogP contribution in [0.25, 0.3) is 10.8 Å². The quantitative estimate of drug-likeness (QED) is 0.399. The molecule has 0 bridgehead atoms. The first kappa shape index (κ1) is 20.1. The third-order valence-corrected chi connectivity index (χ3v) is 6.35. The maximum absolute atomic E-state index is 12.8. The molecule has 0 radical (unpaired) electrons. The van der Waals surface area contributed by atoms with Gasteiger partial charge in [0.25, 0.3) is 10.0 Å². The van der Waals surface area contributed by atoms with Crippen LogP contribution in [-0.2, 0) is 23.0 Å². The van der Waals surface area contributed by atoms with E-state index in [1.165, 1.54) is 5.56 Å². The van der Waals surface area contributed by atoms with E-state index in [0.29, 0.717) is 12.2 Å². The topological polar surface area (TPSA) is 58.2 Å². The van der Waals surface area contributed by atoms with Gasteiger partial charge in [-0.1, -0.05) is 72.8 Å². The van der Waals surface area contributed by atoms with E-state index in [9.17, 15) is 8.42 Å². The highest BCUT2D eigenvalue weighted by Crippen LogP contribution is 2.22. The fraction of sp³-hybridized carbons (Fsp3) is 0.120. The SMILES string of the molecule is O=S(=O)(Nc1cccc(CNCCc2ccccc2)c1)c1ccc2ccccc2c1. The normalized spacial score (nSPS) is 11.5. The minimum atomic E-state index is -3.65. The van der Waals surface area contributed by atoms with Gasteiger partial charge in [0.15, 0.2) is 0 Å². The monoisotopic (exact) mass is 416 g/mol. The molecule has 0 atom stereocenters. The van der Waals surface area contributed by atoms with Gasteiger partial charge in [-0.25, -0.2) is 8.42 Å². The van der Waals surface area contributed by atoms with Gasteiger partial charge in [-0.3, -0.25) is 4.72 Å². The summed E-state index contributed by atoms with van der Waals surface area (Å²) in [5, 5.41) is 5.33. The van der Waals surface area contributed by atoms with Crippen molar-refractivity contribution >= 4 is 26.5 Å². The maximum atomic E-state index is 12.8. The van der Waals surface area contributed by atoms with Crippen molar-refractivity contribution in [2.45, 2.75) is 17.9 Å². The number of nitrogens with one attached hydrogen (secondary N) is 2. The van der Waals surface area contributed by atoms with E-state index in [-0.39, 0.29) is 4.90 Å². The summed E-state index contributed by atoms with van der Waals surface area (Å²) >= 11 is 0. The Bertz CT molecular complexity index is 1240. The number of rotatable bonds is 8. The molecule has 0 fully saturated rings. The number of sulfonamides is 1. The molecule has 0 amide bonds. The summed E-state index contributed by atoms with van der Waals surface area (Å²) in [6.07, 6.45) is 0.953. The van der Waals surface area contributed by atoms with Crippen molar-refractivity contribution in [2.75, 3.05) is 11.3 Å². The molecular weight excluding hydrogens is 392 g/mol. The van der Waals surface area contributed by atoms with Gasteiger partial charge in [0.2, 0.25) is 0 Å². The van der Waals surface area contributed by atoms with Crippen LogP contribution in [0, 0.1) is 0 Å². The van der Waals surface area contributed by atoms with Crippen LogP contribution in [0.1, 0.15) is 11.1 Å². The summed E-state index contributed by atoms with van der Waals surface area (Å²) in [6, 6.07) is 30.7. The molecule has 0 heterocycles. The molecule has 0 aliphatic heterocycles. The second-order valence-corrected chi connectivity index (χ2v) is 8.91. The van der Waals surface area contributed by atoms with Crippen LogP contribution in [0.4, 0.5) is 5.69 Å². The number of hydrogen-bond acceptors (Lipinski definition) is 3. The predicted molar refractivity (Wildman–Crippen MR) is 123 cm³/mol. The van der Waals surface area contributed by atoms with Crippen molar-refractivity contribution in [3.63, 3.8) is 0 Å². The first-order valence-electron chi connectivity index (χ1n) is 9.95. The van der Waals surface area contributed by atoms with Crippen LogP contribution in [0.3, 0.4) is 0 Å². The third-order valence-electron chi connectivity index (χ3n) is 4.97. The second kappa shape index (κ2) is 9.11. The molecule has 4 aromatic carbocycles. The van der Waals surface area contributed by atoms with Gasteiger partial charge in [0.1, 0.15) is 0 Å². The summed E-state index contributed by atoms with van der Waals surface area (Å²) < 4.78 is 28.4. The molecule has 0 aliphatic carbocycles. The van der Waals surface area contributed by atoms with E-state index in [0.717, 1.165) is 29.3 Å². The highest BCUT2D eigenvalue weighted by Gasteiger charge is 2.14. The molecule has 0 aliphatic rings. The molecule has 0 aromatic heterocycles. The molecule has 4 rings (SSSR count). The van der Waals surface area contributed by atoms with Gasteiger partial charge in [-0.05, 0) is 59.1 Å². The Morgan fingerprint density at radius 1 is 0.667 bits per heavy atom. The molecule has 0 saturated heterocycles. The van der Waals surface area contributed by atoms with Crippen LogP contribution in [0.15, 0.2) is 102 Å². The minimum absolute atomic E-state index is 0.257. The smallest absolute Gasteiger partial charge is 0.261 e. The second-order valence-electron chi connectivity index (χ2n) is 7.23. The Hall–Kier alpha value is -3.15. The van der Waals surface area contributed by atoms with Crippen LogP contribution < -0.4 is 10.0 Å². The van der Waals surface area contributed by atoms with Gasteiger partial charge < -0.3 is 5.32 Å². The number of benzene rings is 4. The fourth-order valence-corrected chi connectivity index (χ4v) is 4.49. The lowest BCUT2D eigenvalue weighted by Crippen LogP contribution is -2.17. The van der Waals surface area contributed by atoms with Crippen molar-refractivity contribution < 1.29 is 8.42 Å². The molecule has 0 spiro atoms. The minimum Gasteiger partial charge on any atom is -0.312 e. The molecule has 152 valence electrons. The largest absolute Gasteiger partial charge is 0.312 e. The molecule has 0 unspecified atom stereocenters. The standard InChI is InChI=1S/C25H24N2O2S/c28-30(29,25-14-13-22-10-4-5-11-23(22)18-25)27-24-12-6-9-21(17-24)19-26-16-15-20-7-2-1-3-8-20/h1-14,17-18,26-27H,15-16,19H2. The lowest BCUT2D eigenvalue weighted by molar-refractivity contribution is 0.601. The lowest BCUT2D eigenvalue weighted by atomic mass is 10.1. The fourth-order valence-electron chi connectivity index (χ4n) is 3.40. The van der Waals surface area contributed by atoms with Crippen LogP contribution in [0.2, 0.25) is 0 Å². The van der Waals surface area contributed by atoms with E-state index in [4.69, 9.17) is 0 Å².